The van der Waals surface area contributed by atoms with Crippen LogP contribution in [-0.2, 0) is 29.2 Å². The number of esters is 2. The summed E-state index contributed by atoms with van der Waals surface area (Å²) >= 11 is 0. The molecule has 0 saturated carbocycles. The molecule has 0 radical (unpaired) electrons. The molecule has 0 aliphatic rings. The van der Waals surface area contributed by atoms with Crippen molar-refractivity contribution in [1.82, 2.24) is 0 Å². The zero-order valence-corrected chi connectivity index (χ0v) is 18.7. The summed E-state index contributed by atoms with van der Waals surface area (Å²) in [4.78, 5) is 23.2. The molecule has 0 rings (SSSR count). The van der Waals surface area contributed by atoms with E-state index in [4.69, 9.17) is 4.74 Å². The van der Waals surface area contributed by atoms with Crippen molar-refractivity contribution in [2.45, 2.75) is 70.0 Å². The molecule has 0 heterocycles. The van der Waals surface area contributed by atoms with Crippen LogP contribution >= 0.6 is 0 Å². The van der Waals surface area contributed by atoms with Gasteiger partial charge in [-0.25, -0.2) is 8.42 Å². The van der Waals surface area contributed by atoms with E-state index in [1.807, 2.05) is 0 Å². The Morgan fingerprint density at radius 2 is 1.58 bits per heavy atom. The van der Waals surface area contributed by atoms with E-state index in [0.717, 1.165) is 19.3 Å². The Labute approximate surface area is 178 Å². The fourth-order valence-corrected chi connectivity index (χ4v) is 2.81. The SMILES string of the molecule is C=CCOC(=O)CC(C(=O)OCCCCCCCCCC)S(=O)(=O)[O-].[Na+]. The third-order valence-electron chi connectivity index (χ3n) is 3.57. The number of ether oxygens (including phenoxy) is 2. The van der Waals surface area contributed by atoms with Crippen LogP contribution in [0.1, 0.15) is 64.7 Å². The molecule has 0 bridgehead atoms. The monoisotopic (exact) mass is 400 g/mol. The van der Waals surface area contributed by atoms with Crippen LogP contribution in [-0.4, -0.2) is 43.4 Å². The fourth-order valence-electron chi connectivity index (χ4n) is 2.17. The van der Waals surface area contributed by atoms with Gasteiger partial charge in [0.25, 0.3) is 0 Å². The van der Waals surface area contributed by atoms with Gasteiger partial charge >= 0.3 is 41.5 Å². The first-order chi connectivity index (χ1) is 11.8. The number of rotatable bonds is 15. The van der Waals surface area contributed by atoms with E-state index in [-0.39, 0.29) is 42.8 Å². The molecule has 0 amide bonds. The predicted molar refractivity (Wildman–Crippen MR) is 92.8 cm³/mol. The first-order valence-electron chi connectivity index (χ1n) is 8.70. The Balaban J connectivity index is 0. The van der Waals surface area contributed by atoms with Crippen LogP contribution in [0.25, 0.3) is 0 Å². The Morgan fingerprint density at radius 1 is 1.04 bits per heavy atom. The number of carbonyl (C=O) groups is 2. The smallest absolute Gasteiger partial charge is 0.747 e. The first kappa shape index (κ1) is 27.8. The first-order valence-corrected chi connectivity index (χ1v) is 10.2. The van der Waals surface area contributed by atoms with Crippen LogP contribution in [0.4, 0.5) is 0 Å². The van der Waals surface area contributed by atoms with Gasteiger partial charge in [-0.2, -0.15) is 0 Å². The molecule has 0 fully saturated rings. The van der Waals surface area contributed by atoms with Crippen molar-refractivity contribution in [2.75, 3.05) is 13.2 Å². The Hall–Kier alpha value is -0.410. The molecule has 0 aliphatic heterocycles. The summed E-state index contributed by atoms with van der Waals surface area (Å²) in [6.45, 7) is 5.39. The summed E-state index contributed by atoms with van der Waals surface area (Å²) in [6.07, 6.45) is 8.84. The van der Waals surface area contributed by atoms with E-state index in [1.54, 1.807) is 0 Å². The molecule has 7 nitrogen and oxygen atoms in total. The molecule has 26 heavy (non-hydrogen) atoms. The van der Waals surface area contributed by atoms with Gasteiger partial charge in [0, 0.05) is 0 Å². The van der Waals surface area contributed by atoms with Crippen LogP contribution in [0.3, 0.4) is 0 Å². The molecule has 0 aromatic carbocycles. The second kappa shape index (κ2) is 16.7. The van der Waals surface area contributed by atoms with Crippen LogP contribution in [0.15, 0.2) is 12.7 Å². The van der Waals surface area contributed by atoms with Crippen molar-refractivity contribution in [3.63, 3.8) is 0 Å². The molecular formula is C17H29NaO7S. The standard InChI is InChI=1S/C17H30O7S.Na/c1-3-5-6-7-8-9-10-11-13-24-17(19)15(25(20,21)22)14-16(18)23-12-4-2;/h4,15H,2-3,5-14H2,1H3,(H,20,21,22);/q;+1/p-1. The van der Waals surface area contributed by atoms with Gasteiger partial charge < -0.3 is 14.0 Å². The third-order valence-corrected chi connectivity index (χ3v) is 4.62. The van der Waals surface area contributed by atoms with E-state index in [2.05, 4.69) is 18.2 Å². The molecule has 0 spiro atoms. The van der Waals surface area contributed by atoms with Crippen LogP contribution < -0.4 is 29.6 Å². The Bertz CT molecular complexity index is 505. The summed E-state index contributed by atoms with van der Waals surface area (Å²) in [5.41, 5.74) is 0. The van der Waals surface area contributed by atoms with Crippen LogP contribution in [0.2, 0.25) is 0 Å². The fraction of sp³-hybridized carbons (Fsp3) is 0.765. The maximum atomic E-state index is 11.8. The third kappa shape index (κ3) is 14.7. The van der Waals surface area contributed by atoms with Gasteiger partial charge in [-0.3, -0.25) is 9.59 Å². The van der Waals surface area contributed by atoms with Gasteiger partial charge in [-0.1, -0.05) is 64.5 Å². The number of hydrogen-bond donors (Lipinski definition) is 0. The van der Waals surface area contributed by atoms with E-state index in [1.165, 1.54) is 31.8 Å². The second-order valence-corrected chi connectivity index (χ2v) is 7.35. The van der Waals surface area contributed by atoms with Gasteiger partial charge in [0.05, 0.1) is 13.0 Å². The minimum atomic E-state index is -5.00. The summed E-state index contributed by atoms with van der Waals surface area (Å²) < 4.78 is 42.9. The average Bonchev–Trinajstić information content (AvgIpc) is 2.55. The largest absolute Gasteiger partial charge is 1.00 e. The topological polar surface area (TPSA) is 110 Å². The summed E-state index contributed by atoms with van der Waals surface area (Å²) in [7, 11) is -5.00. The molecule has 0 N–H and O–H groups in total. The van der Waals surface area contributed by atoms with Crippen LogP contribution in [0, 0.1) is 0 Å². The van der Waals surface area contributed by atoms with Gasteiger partial charge in [-0.15, -0.1) is 0 Å². The summed E-state index contributed by atoms with van der Waals surface area (Å²) in [6, 6.07) is 0. The van der Waals surface area contributed by atoms with Gasteiger partial charge in [0.15, 0.2) is 5.25 Å². The van der Waals surface area contributed by atoms with Gasteiger partial charge in [-0.05, 0) is 6.42 Å². The quantitative estimate of drug-likeness (QED) is 0.122. The van der Waals surface area contributed by atoms with Crippen molar-refractivity contribution >= 4 is 22.1 Å². The molecule has 1 unspecified atom stereocenters. The average molecular weight is 400 g/mol. The minimum Gasteiger partial charge on any atom is -0.747 e. The maximum absolute atomic E-state index is 11.8. The summed E-state index contributed by atoms with van der Waals surface area (Å²) in [5.74, 6) is -2.16. The van der Waals surface area contributed by atoms with Crippen molar-refractivity contribution in [3.05, 3.63) is 12.7 Å². The Kier molecular flexibility index (Phi) is 17.9. The molecule has 0 aromatic rings. The van der Waals surface area contributed by atoms with Gasteiger partial charge in [0.2, 0.25) is 0 Å². The second-order valence-electron chi connectivity index (χ2n) is 5.80. The van der Waals surface area contributed by atoms with E-state index in [9.17, 15) is 22.6 Å². The number of carbonyl (C=O) groups excluding carboxylic acids is 2. The molecule has 0 aliphatic carbocycles. The van der Waals surface area contributed by atoms with E-state index >= 15 is 0 Å². The molecular weight excluding hydrogens is 371 g/mol. The predicted octanol–water partition coefficient (Wildman–Crippen LogP) is -0.293. The number of hydrogen-bond acceptors (Lipinski definition) is 7. The Morgan fingerprint density at radius 3 is 2.08 bits per heavy atom. The van der Waals surface area contributed by atoms with Crippen molar-refractivity contribution < 1.29 is 61.6 Å². The molecule has 1 atom stereocenters. The zero-order chi connectivity index (χ0) is 19.1. The van der Waals surface area contributed by atoms with Crippen molar-refractivity contribution in [2.24, 2.45) is 0 Å². The van der Waals surface area contributed by atoms with E-state index in [0.29, 0.717) is 6.42 Å². The van der Waals surface area contributed by atoms with Crippen LogP contribution in [0.5, 0.6) is 0 Å². The van der Waals surface area contributed by atoms with Gasteiger partial charge in [0.1, 0.15) is 16.7 Å². The number of unbranched alkanes of at least 4 members (excludes halogenated alkanes) is 7. The molecule has 0 aromatic heterocycles. The zero-order valence-electron chi connectivity index (χ0n) is 15.9. The maximum Gasteiger partial charge on any atom is 1.00 e. The normalized spacial score (nSPS) is 11.9. The van der Waals surface area contributed by atoms with Crippen molar-refractivity contribution in [1.29, 1.82) is 0 Å². The molecule has 146 valence electrons. The summed E-state index contributed by atoms with van der Waals surface area (Å²) in [5, 5.41) is -2.07. The molecule has 0 saturated heterocycles. The van der Waals surface area contributed by atoms with E-state index < -0.39 is 33.7 Å². The van der Waals surface area contributed by atoms with Crippen molar-refractivity contribution in [3.8, 4) is 0 Å². The molecule has 9 heteroatoms. The minimum absolute atomic E-state index is 0.